The van der Waals surface area contributed by atoms with Crippen LogP contribution in [-0.2, 0) is 16.4 Å². The Kier molecular flexibility index (Phi) is 4.65. The van der Waals surface area contributed by atoms with Crippen LogP contribution >= 0.6 is 0 Å². The average Bonchev–Trinajstić information content (AvgIpc) is 2.44. The second kappa shape index (κ2) is 6.28. The fourth-order valence-corrected chi connectivity index (χ4v) is 2.67. The van der Waals surface area contributed by atoms with E-state index in [1.165, 1.54) is 6.26 Å². The fourth-order valence-electron chi connectivity index (χ4n) is 2.04. The molecule has 0 radical (unpaired) electrons. The highest BCUT2D eigenvalue weighted by Crippen LogP contribution is 2.18. The second-order valence-corrected chi connectivity index (χ2v) is 7.13. The zero-order valence-corrected chi connectivity index (χ0v) is 12.9. The molecule has 0 spiro atoms. The van der Waals surface area contributed by atoms with Gasteiger partial charge in [0.25, 0.3) is 0 Å². The second-order valence-electron chi connectivity index (χ2n) is 5.11. The zero-order chi connectivity index (χ0) is 15.5. The molecule has 0 aliphatic rings. The number of sulfone groups is 1. The Hall–Kier alpha value is -1.85. The van der Waals surface area contributed by atoms with Crippen molar-refractivity contribution in [3.8, 4) is 5.75 Å². The topological polar surface area (TPSA) is 66.4 Å². The Morgan fingerprint density at radius 3 is 2.38 bits per heavy atom. The molecule has 5 heteroatoms. The van der Waals surface area contributed by atoms with Gasteiger partial charge in [0.05, 0.1) is 4.90 Å². The van der Waals surface area contributed by atoms with E-state index < -0.39 is 9.84 Å². The van der Waals surface area contributed by atoms with Gasteiger partial charge in [-0.3, -0.25) is 0 Å². The van der Waals surface area contributed by atoms with Crippen molar-refractivity contribution in [3.63, 3.8) is 0 Å². The molecule has 0 aliphatic carbocycles. The maximum Gasteiger partial charge on any atom is 0.175 e. The van der Waals surface area contributed by atoms with Crippen molar-refractivity contribution in [2.45, 2.75) is 24.4 Å². The lowest BCUT2D eigenvalue weighted by Crippen LogP contribution is -2.18. The van der Waals surface area contributed by atoms with Crippen LogP contribution in [0.1, 0.15) is 24.1 Å². The number of phenols is 1. The maximum atomic E-state index is 11.4. The lowest BCUT2D eigenvalue weighted by molar-refractivity contribution is 0.472. The molecule has 4 nitrogen and oxygen atoms in total. The molecule has 0 bridgehead atoms. The number of nitrogens with one attached hydrogen (secondary N) is 1. The van der Waals surface area contributed by atoms with Crippen LogP contribution in [0.5, 0.6) is 5.75 Å². The van der Waals surface area contributed by atoms with Gasteiger partial charge in [0.15, 0.2) is 9.84 Å². The summed E-state index contributed by atoms with van der Waals surface area (Å²) < 4.78 is 22.8. The van der Waals surface area contributed by atoms with Crippen molar-refractivity contribution >= 4 is 9.84 Å². The van der Waals surface area contributed by atoms with Crippen molar-refractivity contribution in [2.75, 3.05) is 6.26 Å². The Bertz CT molecular complexity index is 709. The number of hydrogen-bond acceptors (Lipinski definition) is 4. The lowest BCUT2D eigenvalue weighted by atomic mass is 10.1. The van der Waals surface area contributed by atoms with Gasteiger partial charge in [-0.2, -0.15) is 0 Å². The minimum atomic E-state index is -3.15. The molecule has 0 saturated carbocycles. The Morgan fingerprint density at radius 1 is 1.14 bits per heavy atom. The first-order valence-electron chi connectivity index (χ1n) is 6.67. The molecule has 1 atom stereocenters. The largest absolute Gasteiger partial charge is 0.508 e. The van der Waals surface area contributed by atoms with Crippen LogP contribution in [0.3, 0.4) is 0 Å². The third-order valence-electron chi connectivity index (χ3n) is 3.33. The summed E-state index contributed by atoms with van der Waals surface area (Å²) >= 11 is 0. The van der Waals surface area contributed by atoms with Gasteiger partial charge < -0.3 is 10.4 Å². The molecule has 0 saturated heterocycles. The summed E-state index contributed by atoms with van der Waals surface area (Å²) in [6, 6.07) is 14.1. The molecule has 0 fully saturated rings. The first-order chi connectivity index (χ1) is 9.86. The van der Waals surface area contributed by atoms with E-state index in [1.54, 1.807) is 36.4 Å². The van der Waals surface area contributed by atoms with Crippen LogP contribution in [0.25, 0.3) is 0 Å². The molecule has 0 heterocycles. The number of hydrogen-bond donors (Lipinski definition) is 2. The average molecular weight is 305 g/mol. The van der Waals surface area contributed by atoms with Gasteiger partial charge in [-0.25, -0.2) is 8.42 Å². The molecule has 112 valence electrons. The van der Waals surface area contributed by atoms with Crippen LogP contribution in [0, 0.1) is 0 Å². The van der Waals surface area contributed by atoms with E-state index in [0.29, 0.717) is 11.4 Å². The third-order valence-corrected chi connectivity index (χ3v) is 4.46. The summed E-state index contributed by atoms with van der Waals surface area (Å²) in [6.07, 6.45) is 1.20. The maximum absolute atomic E-state index is 11.4. The number of benzene rings is 2. The van der Waals surface area contributed by atoms with E-state index in [0.717, 1.165) is 11.1 Å². The van der Waals surface area contributed by atoms with Crippen LogP contribution in [0.15, 0.2) is 53.4 Å². The highest BCUT2D eigenvalue weighted by Gasteiger charge is 2.08. The van der Waals surface area contributed by atoms with Crippen molar-refractivity contribution in [1.82, 2.24) is 5.32 Å². The summed E-state index contributed by atoms with van der Waals surface area (Å²) in [5.74, 6) is 0.249. The lowest BCUT2D eigenvalue weighted by Gasteiger charge is -2.14. The summed E-state index contributed by atoms with van der Waals surface area (Å²) in [5.41, 5.74) is 2.01. The summed E-state index contributed by atoms with van der Waals surface area (Å²) in [6.45, 7) is 2.64. The van der Waals surface area contributed by atoms with Gasteiger partial charge in [0.1, 0.15) is 5.75 Å². The van der Waals surface area contributed by atoms with Crippen LogP contribution in [0.4, 0.5) is 0 Å². The predicted molar refractivity (Wildman–Crippen MR) is 82.9 cm³/mol. The van der Waals surface area contributed by atoms with Gasteiger partial charge >= 0.3 is 0 Å². The van der Waals surface area contributed by atoms with E-state index in [9.17, 15) is 13.5 Å². The van der Waals surface area contributed by atoms with Crippen LogP contribution in [0.2, 0.25) is 0 Å². The third kappa shape index (κ3) is 4.31. The summed E-state index contributed by atoms with van der Waals surface area (Å²) in [4.78, 5) is 0.326. The summed E-state index contributed by atoms with van der Waals surface area (Å²) in [5, 5.41) is 12.8. The monoisotopic (exact) mass is 305 g/mol. The minimum Gasteiger partial charge on any atom is -0.508 e. The normalized spacial score (nSPS) is 13.0. The summed E-state index contributed by atoms with van der Waals surface area (Å²) in [7, 11) is -3.15. The van der Waals surface area contributed by atoms with E-state index in [-0.39, 0.29) is 11.8 Å². The van der Waals surface area contributed by atoms with E-state index in [4.69, 9.17) is 0 Å². The van der Waals surface area contributed by atoms with Gasteiger partial charge in [0, 0.05) is 18.8 Å². The molecule has 21 heavy (non-hydrogen) atoms. The van der Waals surface area contributed by atoms with Crippen LogP contribution in [-0.4, -0.2) is 19.8 Å². The molecule has 0 aliphatic heterocycles. The number of aromatic hydroxyl groups is 1. The molecule has 2 N–H and O–H groups in total. The Labute approximate surface area is 125 Å². The van der Waals surface area contributed by atoms with E-state index in [1.807, 2.05) is 19.1 Å². The first kappa shape index (κ1) is 15.5. The predicted octanol–water partition coefficient (Wildman–Crippen LogP) is 2.65. The highest BCUT2D eigenvalue weighted by molar-refractivity contribution is 7.90. The molecule has 2 aromatic carbocycles. The quantitative estimate of drug-likeness (QED) is 0.891. The first-order valence-corrected chi connectivity index (χ1v) is 8.57. The van der Waals surface area contributed by atoms with Gasteiger partial charge in [-0.05, 0) is 42.3 Å². The fraction of sp³-hybridized carbons (Fsp3) is 0.250. The molecule has 2 aromatic rings. The Morgan fingerprint density at radius 2 is 1.81 bits per heavy atom. The molecule has 1 unspecified atom stereocenters. The number of rotatable bonds is 5. The molecular weight excluding hydrogens is 286 g/mol. The van der Waals surface area contributed by atoms with Crippen molar-refractivity contribution in [1.29, 1.82) is 0 Å². The standard InChI is InChI=1S/C16H19NO3S/c1-12(14-4-3-5-15(18)10-14)17-11-13-6-8-16(9-7-13)21(2,19)20/h3-10,12,17-18H,11H2,1-2H3. The van der Waals surface area contributed by atoms with Crippen LogP contribution < -0.4 is 5.32 Å². The smallest absolute Gasteiger partial charge is 0.175 e. The number of phenolic OH excluding ortho intramolecular Hbond substituents is 1. The molecule has 2 rings (SSSR count). The van der Waals surface area contributed by atoms with Crippen molar-refractivity contribution in [3.05, 3.63) is 59.7 Å². The Balaban J connectivity index is 2.00. The highest BCUT2D eigenvalue weighted by atomic mass is 32.2. The van der Waals surface area contributed by atoms with E-state index >= 15 is 0 Å². The van der Waals surface area contributed by atoms with Gasteiger partial charge in [-0.1, -0.05) is 24.3 Å². The zero-order valence-electron chi connectivity index (χ0n) is 12.1. The molecule has 0 aromatic heterocycles. The SMILES string of the molecule is CC(NCc1ccc(S(C)(=O)=O)cc1)c1cccc(O)c1. The molecular formula is C16H19NO3S. The van der Waals surface area contributed by atoms with Gasteiger partial charge in [-0.15, -0.1) is 0 Å². The van der Waals surface area contributed by atoms with E-state index in [2.05, 4.69) is 5.32 Å². The van der Waals surface area contributed by atoms with Crippen molar-refractivity contribution < 1.29 is 13.5 Å². The van der Waals surface area contributed by atoms with Gasteiger partial charge in [0.2, 0.25) is 0 Å². The van der Waals surface area contributed by atoms with Crippen molar-refractivity contribution in [2.24, 2.45) is 0 Å². The minimum absolute atomic E-state index is 0.0895. The molecule has 0 amide bonds.